The molecule has 3 heterocycles. The lowest BCUT2D eigenvalue weighted by atomic mass is 9.90. The number of nitrogens with zero attached hydrogens (tertiary/aromatic N) is 2. The fourth-order valence-electron chi connectivity index (χ4n) is 2.53. The molecule has 3 N–H and O–H groups in total. The molecule has 0 saturated carbocycles. The van der Waals surface area contributed by atoms with Gasteiger partial charge in [0.05, 0.1) is 16.7 Å². The Kier molecular flexibility index (Phi) is 3.87. The van der Waals surface area contributed by atoms with Crippen molar-refractivity contribution in [1.82, 2.24) is 9.97 Å². The fourth-order valence-corrected chi connectivity index (χ4v) is 2.85. The van der Waals surface area contributed by atoms with Gasteiger partial charge in [0.2, 0.25) is 0 Å². The number of aromatic nitrogens is 2. The maximum Gasteiger partial charge on any atom is 0.112 e. The standard InChI is InChI=1S/C14H17BrN4O/c15-10-7-12-13(18-8-10)11(1-4-17-12)19-14(9-16)2-5-20-6-3-14/h1,4,7-8H,2-3,5-6,9,16H2,(H,17,19). The van der Waals surface area contributed by atoms with E-state index in [1.165, 1.54) is 0 Å². The van der Waals surface area contributed by atoms with Crippen LogP contribution in [0.3, 0.4) is 0 Å². The van der Waals surface area contributed by atoms with Gasteiger partial charge >= 0.3 is 0 Å². The van der Waals surface area contributed by atoms with Crippen molar-refractivity contribution in [3.05, 3.63) is 29.0 Å². The summed E-state index contributed by atoms with van der Waals surface area (Å²) in [5, 5.41) is 3.58. The Morgan fingerprint density at radius 1 is 1.35 bits per heavy atom. The van der Waals surface area contributed by atoms with E-state index in [1.807, 2.05) is 12.1 Å². The molecule has 0 amide bonds. The van der Waals surface area contributed by atoms with Crippen molar-refractivity contribution in [2.24, 2.45) is 5.73 Å². The zero-order chi connectivity index (χ0) is 14.0. The first-order valence-electron chi connectivity index (χ1n) is 6.69. The summed E-state index contributed by atoms with van der Waals surface area (Å²) >= 11 is 3.42. The minimum absolute atomic E-state index is 0.110. The minimum atomic E-state index is -0.110. The summed E-state index contributed by atoms with van der Waals surface area (Å²) in [6, 6.07) is 3.92. The van der Waals surface area contributed by atoms with Crippen LogP contribution in [0.15, 0.2) is 29.0 Å². The highest BCUT2D eigenvalue weighted by molar-refractivity contribution is 9.10. The van der Waals surface area contributed by atoms with Gasteiger partial charge < -0.3 is 15.8 Å². The van der Waals surface area contributed by atoms with Crippen LogP contribution in [0.1, 0.15) is 12.8 Å². The normalized spacial score (nSPS) is 18.1. The van der Waals surface area contributed by atoms with Gasteiger partial charge in [0, 0.05) is 36.6 Å². The van der Waals surface area contributed by atoms with Gasteiger partial charge in [0.1, 0.15) is 5.52 Å². The highest BCUT2D eigenvalue weighted by Crippen LogP contribution is 2.29. The van der Waals surface area contributed by atoms with Crippen molar-refractivity contribution in [1.29, 1.82) is 0 Å². The third-order valence-corrected chi connectivity index (χ3v) is 4.22. The third kappa shape index (κ3) is 2.63. The van der Waals surface area contributed by atoms with Crippen molar-refractivity contribution in [3.63, 3.8) is 0 Å². The molecule has 0 spiro atoms. The Labute approximate surface area is 126 Å². The second-order valence-corrected chi connectivity index (χ2v) is 6.02. The SMILES string of the molecule is NCC1(Nc2ccnc3cc(Br)cnc23)CCOCC1. The average Bonchev–Trinajstić information content (AvgIpc) is 2.48. The molecule has 2 aromatic rings. The Morgan fingerprint density at radius 2 is 2.15 bits per heavy atom. The molecule has 1 aliphatic rings. The summed E-state index contributed by atoms with van der Waals surface area (Å²) in [5.74, 6) is 0. The first-order chi connectivity index (χ1) is 9.72. The van der Waals surface area contributed by atoms with Gasteiger partial charge in [-0.1, -0.05) is 0 Å². The van der Waals surface area contributed by atoms with Crippen LogP contribution >= 0.6 is 15.9 Å². The number of rotatable bonds is 3. The molecule has 0 aliphatic carbocycles. The number of pyridine rings is 2. The molecule has 0 aromatic carbocycles. The van der Waals surface area contributed by atoms with Crippen molar-refractivity contribution in [2.75, 3.05) is 25.1 Å². The lowest BCUT2D eigenvalue weighted by Gasteiger charge is -2.38. The molecule has 1 aliphatic heterocycles. The number of nitrogens with one attached hydrogen (secondary N) is 1. The summed E-state index contributed by atoms with van der Waals surface area (Å²) in [7, 11) is 0. The Hall–Kier alpha value is -1.24. The number of nitrogens with two attached hydrogens (primary N) is 1. The summed E-state index contributed by atoms with van der Waals surface area (Å²) in [6.07, 6.45) is 5.39. The van der Waals surface area contributed by atoms with Gasteiger partial charge in [-0.05, 0) is 40.9 Å². The molecule has 0 atom stereocenters. The third-order valence-electron chi connectivity index (χ3n) is 3.78. The Morgan fingerprint density at radius 3 is 2.90 bits per heavy atom. The van der Waals surface area contributed by atoms with E-state index >= 15 is 0 Å². The van der Waals surface area contributed by atoms with Crippen molar-refractivity contribution in [2.45, 2.75) is 18.4 Å². The minimum Gasteiger partial charge on any atom is -0.381 e. The Bertz CT molecular complexity index is 613. The highest BCUT2D eigenvalue weighted by Gasteiger charge is 2.31. The van der Waals surface area contributed by atoms with Crippen LogP contribution in [-0.2, 0) is 4.74 Å². The quantitative estimate of drug-likeness (QED) is 0.899. The summed E-state index contributed by atoms with van der Waals surface area (Å²) < 4.78 is 6.36. The van der Waals surface area contributed by atoms with E-state index in [-0.39, 0.29) is 5.54 Å². The zero-order valence-electron chi connectivity index (χ0n) is 11.1. The first-order valence-corrected chi connectivity index (χ1v) is 7.48. The predicted octanol–water partition coefficient (Wildman–Crippen LogP) is 2.31. The van der Waals surface area contributed by atoms with E-state index in [9.17, 15) is 0 Å². The molecular formula is C14H17BrN4O. The molecule has 0 unspecified atom stereocenters. The van der Waals surface area contributed by atoms with Crippen LogP contribution in [0.2, 0.25) is 0 Å². The van der Waals surface area contributed by atoms with Crippen LogP contribution in [0.4, 0.5) is 5.69 Å². The van der Waals surface area contributed by atoms with Crippen LogP contribution in [0.25, 0.3) is 11.0 Å². The number of halogens is 1. The van der Waals surface area contributed by atoms with Crippen molar-refractivity contribution < 1.29 is 4.74 Å². The maximum atomic E-state index is 5.99. The van der Waals surface area contributed by atoms with Gasteiger partial charge in [-0.15, -0.1) is 0 Å². The summed E-state index contributed by atoms with van der Waals surface area (Å²) in [6.45, 7) is 2.06. The second kappa shape index (κ2) is 5.63. The maximum absolute atomic E-state index is 5.99. The van der Waals surface area contributed by atoms with Crippen molar-refractivity contribution >= 4 is 32.7 Å². The van der Waals surface area contributed by atoms with Crippen LogP contribution < -0.4 is 11.1 Å². The van der Waals surface area contributed by atoms with E-state index in [1.54, 1.807) is 12.4 Å². The smallest absolute Gasteiger partial charge is 0.112 e. The number of hydrogen-bond acceptors (Lipinski definition) is 5. The molecule has 3 rings (SSSR count). The molecule has 0 bridgehead atoms. The van der Waals surface area contributed by atoms with E-state index in [0.717, 1.165) is 47.2 Å². The van der Waals surface area contributed by atoms with Gasteiger partial charge in [-0.25, -0.2) is 0 Å². The summed E-state index contributed by atoms with van der Waals surface area (Å²) in [4.78, 5) is 8.82. The second-order valence-electron chi connectivity index (χ2n) is 5.10. The van der Waals surface area contributed by atoms with E-state index in [0.29, 0.717) is 6.54 Å². The van der Waals surface area contributed by atoms with Crippen LogP contribution in [0, 0.1) is 0 Å². The number of anilines is 1. The van der Waals surface area contributed by atoms with Crippen LogP contribution in [-0.4, -0.2) is 35.3 Å². The molecule has 2 aromatic heterocycles. The highest BCUT2D eigenvalue weighted by atomic mass is 79.9. The van der Waals surface area contributed by atoms with E-state index < -0.39 is 0 Å². The lowest BCUT2D eigenvalue weighted by Crippen LogP contribution is -2.49. The predicted molar refractivity (Wildman–Crippen MR) is 82.7 cm³/mol. The Balaban J connectivity index is 1.97. The van der Waals surface area contributed by atoms with E-state index in [2.05, 4.69) is 31.2 Å². The van der Waals surface area contributed by atoms with Gasteiger partial charge in [0.25, 0.3) is 0 Å². The molecule has 1 saturated heterocycles. The summed E-state index contributed by atoms with van der Waals surface area (Å²) in [5.41, 5.74) is 8.60. The molecule has 0 radical (unpaired) electrons. The molecule has 106 valence electrons. The number of ether oxygens (including phenoxy) is 1. The molecule has 5 nitrogen and oxygen atoms in total. The van der Waals surface area contributed by atoms with E-state index in [4.69, 9.17) is 10.5 Å². The first kappa shape index (κ1) is 13.7. The lowest BCUT2D eigenvalue weighted by molar-refractivity contribution is 0.0628. The van der Waals surface area contributed by atoms with Gasteiger partial charge in [-0.2, -0.15) is 0 Å². The number of fused-ring (bicyclic) bond motifs is 1. The average molecular weight is 337 g/mol. The molecule has 6 heteroatoms. The zero-order valence-corrected chi connectivity index (χ0v) is 12.7. The largest absolute Gasteiger partial charge is 0.381 e. The van der Waals surface area contributed by atoms with Crippen molar-refractivity contribution in [3.8, 4) is 0 Å². The van der Waals surface area contributed by atoms with Crippen LogP contribution in [0.5, 0.6) is 0 Å². The van der Waals surface area contributed by atoms with Gasteiger partial charge in [0.15, 0.2) is 0 Å². The van der Waals surface area contributed by atoms with Gasteiger partial charge in [-0.3, -0.25) is 9.97 Å². The topological polar surface area (TPSA) is 73.1 Å². The molecule has 1 fully saturated rings. The molecular weight excluding hydrogens is 320 g/mol. The molecule has 20 heavy (non-hydrogen) atoms. The number of hydrogen-bond donors (Lipinski definition) is 2. The monoisotopic (exact) mass is 336 g/mol. The fraction of sp³-hybridized carbons (Fsp3) is 0.429.